The van der Waals surface area contributed by atoms with Gasteiger partial charge in [0.1, 0.15) is 6.10 Å². The van der Waals surface area contributed by atoms with Gasteiger partial charge in [0.05, 0.1) is 12.5 Å². The largest absolute Gasteiger partial charge is 0.481 e. The SMILES string of the molecule is CC1CC(C)C(C(=O)Nc2ccc(C(=O)NCCC(=O)O)cc2)O1. The molecule has 0 radical (unpaired) electrons. The molecule has 0 bridgehead atoms. The monoisotopic (exact) mass is 334 g/mol. The molecular weight excluding hydrogens is 312 g/mol. The zero-order valence-corrected chi connectivity index (χ0v) is 13.7. The Morgan fingerprint density at radius 2 is 1.88 bits per heavy atom. The maximum atomic E-state index is 12.2. The van der Waals surface area contributed by atoms with E-state index in [0.29, 0.717) is 11.3 Å². The van der Waals surface area contributed by atoms with E-state index in [0.717, 1.165) is 6.42 Å². The van der Waals surface area contributed by atoms with Crippen molar-refractivity contribution in [1.82, 2.24) is 5.32 Å². The van der Waals surface area contributed by atoms with Crippen LogP contribution < -0.4 is 10.6 Å². The molecule has 0 spiro atoms. The van der Waals surface area contributed by atoms with Crippen molar-refractivity contribution < 1.29 is 24.2 Å². The van der Waals surface area contributed by atoms with Crippen molar-refractivity contribution in [3.63, 3.8) is 0 Å². The molecule has 1 heterocycles. The number of nitrogens with one attached hydrogen (secondary N) is 2. The molecule has 7 nitrogen and oxygen atoms in total. The van der Waals surface area contributed by atoms with Crippen LogP contribution in [0.15, 0.2) is 24.3 Å². The van der Waals surface area contributed by atoms with Gasteiger partial charge in [0.2, 0.25) is 0 Å². The van der Waals surface area contributed by atoms with Crippen molar-refractivity contribution in [2.45, 2.75) is 38.9 Å². The molecule has 0 saturated carbocycles. The molecule has 1 aromatic carbocycles. The molecule has 2 amide bonds. The summed E-state index contributed by atoms with van der Waals surface area (Å²) < 4.78 is 5.61. The third-order valence-electron chi connectivity index (χ3n) is 3.90. The quantitative estimate of drug-likeness (QED) is 0.733. The first kappa shape index (κ1) is 17.9. The fraction of sp³-hybridized carbons (Fsp3) is 0.471. The lowest BCUT2D eigenvalue weighted by molar-refractivity contribution is -0.136. The van der Waals surface area contributed by atoms with E-state index in [1.165, 1.54) is 0 Å². The third kappa shape index (κ3) is 4.79. The molecular formula is C17H22N2O5. The van der Waals surface area contributed by atoms with Gasteiger partial charge in [-0.3, -0.25) is 14.4 Å². The van der Waals surface area contributed by atoms with Crippen LogP contribution in [0.3, 0.4) is 0 Å². The Balaban J connectivity index is 1.88. The van der Waals surface area contributed by atoms with E-state index < -0.39 is 12.1 Å². The molecule has 1 saturated heterocycles. The number of benzene rings is 1. The van der Waals surface area contributed by atoms with Gasteiger partial charge in [-0.15, -0.1) is 0 Å². The van der Waals surface area contributed by atoms with Crippen molar-refractivity contribution in [2.75, 3.05) is 11.9 Å². The molecule has 3 N–H and O–H groups in total. The summed E-state index contributed by atoms with van der Waals surface area (Å²) in [7, 11) is 0. The summed E-state index contributed by atoms with van der Waals surface area (Å²) in [5.41, 5.74) is 0.981. The molecule has 0 aromatic heterocycles. The molecule has 7 heteroatoms. The summed E-state index contributed by atoms with van der Waals surface area (Å²) in [6, 6.07) is 6.42. The second kappa shape index (κ2) is 7.92. The fourth-order valence-corrected chi connectivity index (χ4v) is 2.71. The summed E-state index contributed by atoms with van der Waals surface area (Å²) in [4.78, 5) is 34.5. The highest BCUT2D eigenvalue weighted by molar-refractivity contribution is 5.97. The van der Waals surface area contributed by atoms with Crippen LogP contribution in [0, 0.1) is 5.92 Å². The number of aliphatic carboxylic acids is 1. The predicted molar refractivity (Wildman–Crippen MR) is 87.8 cm³/mol. The number of rotatable bonds is 6. The van der Waals surface area contributed by atoms with E-state index in [9.17, 15) is 14.4 Å². The van der Waals surface area contributed by atoms with Crippen LogP contribution in [0.5, 0.6) is 0 Å². The highest BCUT2D eigenvalue weighted by atomic mass is 16.5. The summed E-state index contributed by atoms with van der Waals surface area (Å²) in [5, 5.41) is 13.8. The first-order valence-electron chi connectivity index (χ1n) is 7.93. The lowest BCUT2D eigenvalue weighted by atomic mass is 10.0. The van der Waals surface area contributed by atoms with Gasteiger partial charge in [0.25, 0.3) is 11.8 Å². The van der Waals surface area contributed by atoms with Crippen LogP contribution in [0.2, 0.25) is 0 Å². The zero-order chi connectivity index (χ0) is 17.7. The Morgan fingerprint density at radius 3 is 2.42 bits per heavy atom. The second-order valence-corrected chi connectivity index (χ2v) is 6.05. The summed E-state index contributed by atoms with van der Waals surface area (Å²) >= 11 is 0. The Bertz CT molecular complexity index is 614. The molecule has 3 atom stereocenters. The van der Waals surface area contributed by atoms with Crippen LogP contribution in [-0.4, -0.2) is 41.6 Å². The minimum absolute atomic E-state index is 0.0712. The van der Waals surface area contributed by atoms with Crippen molar-refractivity contribution in [2.24, 2.45) is 5.92 Å². The molecule has 3 unspecified atom stereocenters. The molecule has 130 valence electrons. The molecule has 1 fully saturated rings. The first-order chi connectivity index (χ1) is 11.4. The first-order valence-corrected chi connectivity index (χ1v) is 7.93. The zero-order valence-electron chi connectivity index (χ0n) is 13.7. The van der Waals surface area contributed by atoms with E-state index in [4.69, 9.17) is 9.84 Å². The number of carboxylic acids is 1. The average Bonchev–Trinajstić information content (AvgIpc) is 2.86. The Hall–Kier alpha value is -2.41. The maximum absolute atomic E-state index is 12.2. The van der Waals surface area contributed by atoms with Gasteiger partial charge in [0.15, 0.2) is 0 Å². The Morgan fingerprint density at radius 1 is 1.21 bits per heavy atom. The number of hydrogen-bond acceptors (Lipinski definition) is 4. The molecule has 2 rings (SSSR count). The number of carbonyl (C=O) groups excluding carboxylic acids is 2. The van der Waals surface area contributed by atoms with E-state index in [1.54, 1.807) is 24.3 Å². The van der Waals surface area contributed by atoms with Gasteiger partial charge >= 0.3 is 5.97 Å². The Labute approximate surface area is 140 Å². The number of ether oxygens (including phenoxy) is 1. The highest BCUT2D eigenvalue weighted by Gasteiger charge is 2.34. The molecule has 1 aliphatic rings. The average molecular weight is 334 g/mol. The lowest BCUT2D eigenvalue weighted by Crippen LogP contribution is -2.31. The van der Waals surface area contributed by atoms with E-state index in [1.807, 2.05) is 13.8 Å². The number of carboxylic acid groups (broad SMARTS) is 1. The summed E-state index contributed by atoms with van der Waals surface area (Å²) in [6.07, 6.45) is 0.345. The maximum Gasteiger partial charge on any atom is 0.305 e. The molecule has 1 aliphatic heterocycles. The van der Waals surface area contributed by atoms with Gasteiger partial charge in [-0.05, 0) is 43.5 Å². The van der Waals surface area contributed by atoms with Gasteiger partial charge in [-0.1, -0.05) is 6.92 Å². The third-order valence-corrected chi connectivity index (χ3v) is 3.90. The summed E-state index contributed by atoms with van der Waals surface area (Å²) in [6.45, 7) is 4.00. The number of amides is 2. The second-order valence-electron chi connectivity index (χ2n) is 6.05. The fourth-order valence-electron chi connectivity index (χ4n) is 2.71. The molecule has 0 aliphatic carbocycles. The molecule has 24 heavy (non-hydrogen) atoms. The minimum atomic E-state index is -0.967. The van der Waals surface area contributed by atoms with Gasteiger partial charge < -0.3 is 20.5 Å². The highest BCUT2D eigenvalue weighted by Crippen LogP contribution is 2.26. The van der Waals surface area contributed by atoms with Crippen LogP contribution in [0.4, 0.5) is 5.69 Å². The van der Waals surface area contributed by atoms with E-state index >= 15 is 0 Å². The normalized spacial score (nSPS) is 22.8. The Kier molecular flexibility index (Phi) is 5.92. The standard InChI is InChI=1S/C17H22N2O5/c1-10-9-11(2)24-15(10)17(23)19-13-5-3-12(4-6-13)16(22)18-8-7-14(20)21/h3-6,10-11,15H,7-9H2,1-2H3,(H,18,22)(H,19,23)(H,20,21). The van der Waals surface area contributed by atoms with Crippen molar-refractivity contribution in [3.05, 3.63) is 29.8 Å². The predicted octanol–water partition coefficient (Wildman–Crippen LogP) is 1.64. The number of carbonyl (C=O) groups is 3. The topological polar surface area (TPSA) is 105 Å². The minimum Gasteiger partial charge on any atom is -0.481 e. The van der Waals surface area contributed by atoms with Gasteiger partial charge in [-0.25, -0.2) is 0 Å². The number of anilines is 1. The van der Waals surface area contributed by atoms with E-state index in [2.05, 4.69) is 10.6 Å². The smallest absolute Gasteiger partial charge is 0.305 e. The van der Waals surface area contributed by atoms with Gasteiger partial charge in [0, 0.05) is 17.8 Å². The van der Waals surface area contributed by atoms with Crippen LogP contribution in [0.25, 0.3) is 0 Å². The van der Waals surface area contributed by atoms with Crippen LogP contribution in [0.1, 0.15) is 37.0 Å². The number of hydrogen-bond donors (Lipinski definition) is 3. The molecule has 1 aromatic rings. The summed E-state index contributed by atoms with van der Waals surface area (Å²) in [5.74, 6) is -1.34. The lowest BCUT2D eigenvalue weighted by Gasteiger charge is -2.15. The van der Waals surface area contributed by atoms with Crippen molar-refractivity contribution in [3.8, 4) is 0 Å². The van der Waals surface area contributed by atoms with Crippen LogP contribution >= 0.6 is 0 Å². The van der Waals surface area contributed by atoms with Crippen molar-refractivity contribution >= 4 is 23.5 Å². The van der Waals surface area contributed by atoms with Gasteiger partial charge in [-0.2, -0.15) is 0 Å². The van der Waals surface area contributed by atoms with Crippen LogP contribution in [-0.2, 0) is 14.3 Å². The van der Waals surface area contributed by atoms with E-state index in [-0.39, 0.29) is 36.8 Å². The van der Waals surface area contributed by atoms with Crippen molar-refractivity contribution in [1.29, 1.82) is 0 Å².